The third kappa shape index (κ3) is 3.82. The van der Waals surface area contributed by atoms with E-state index < -0.39 is 5.97 Å². The molecule has 1 aliphatic carbocycles. The summed E-state index contributed by atoms with van der Waals surface area (Å²) in [5, 5.41) is 9.48. The van der Waals surface area contributed by atoms with E-state index in [1.165, 1.54) is 44.2 Å². The molecule has 5 heteroatoms. The van der Waals surface area contributed by atoms with E-state index in [9.17, 15) is 4.79 Å². The van der Waals surface area contributed by atoms with Gasteiger partial charge in [0.15, 0.2) is 0 Å². The fourth-order valence-corrected chi connectivity index (χ4v) is 3.17. The number of nitrogens with zero attached hydrogens (tertiary/aromatic N) is 2. The normalized spacial score (nSPS) is 16.0. The molecule has 3 rings (SSSR count). The van der Waals surface area contributed by atoms with E-state index >= 15 is 0 Å². The number of hydrogen-bond donors (Lipinski definition) is 1. The highest BCUT2D eigenvalue weighted by Crippen LogP contribution is 2.29. The van der Waals surface area contributed by atoms with Crippen molar-refractivity contribution in [1.82, 2.24) is 4.57 Å². The van der Waals surface area contributed by atoms with Crippen molar-refractivity contribution in [2.45, 2.75) is 38.1 Å². The van der Waals surface area contributed by atoms with Gasteiger partial charge >= 0.3 is 5.97 Å². The van der Waals surface area contributed by atoms with E-state index in [-0.39, 0.29) is 5.56 Å². The van der Waals surface area contributed by atoms with Gasteiger partial charge in [-0.25, -0.2) is 4.79 Å². The molecule has 0 unspecified atom stereocenters. The van der Waals surface area contributed by atoms with Crippen LogP contribution in [0.2, 0.25) is 5.02 Å². The maximum Gasteiger partial charge on any atom is 0.335 e. The number of carbonyl (C=O) groups is 1. The van der Waals surface area contributed by atoms with Gasteiger partial charge in [-0.15, -0.1) is 0 Å². The van der Waals surface area contributed by atoms with Gasteiger partial charge in [-0.1, -0.05) is 30.9 Å². The summed E-state index contributed by atoms with van der Waals surface area (Å²) in [6, 6.07) is 7.13. The van der Waals surface area contributed by atoms with Crippen LogP contribution in [0.25, 0.3) is 0 Å². The molecule has 0 atom stereocenters. The molecule has 0 bridgehead atoms. The van der Waals surface area contributed by atoms with Crippen molar-refractivity contribution < 1.29 is 9.90 Å². The maximum atomic E-state index is 11.0. The zero-order valence-corrected chi connectivity index (χ0v) is 13.5. The van der Waals surface area contributed by atoms with Crippen molar-refractivity contribution in [1.29, 1.82) is 0 Å². The summed E-state index contributed by atoms with van der Waals surface area (Å²) in [6.45, 7) is 0. The molecule has 0 aliphatic heterocycles. The van der Waals surface area contributed by atoms with Crippen LogP contribution in [0.5, 0.6) is 0 Å². The molecule has 0 radical (unpaired) electrons. The number of aliphatic imine (C=N–C) groups is 1. The molecule has 4 nitrogen and oxygen atoms in total. The van der Waals surface area contributed by atoms with Crippen LogP contribution < -0.4 is 0 Å². The predicted octanol–water partition coefficient (Wildman–Crippen LogP) is 5.10. The highest BCUT2D eigenvalue weighted by molar-refractivity contribution is 6.33. The summed E-state index contributed by atoms with van der Waals surface area (Å²) >= 11 is 6.08. The van der Waals surface area contributed by atoms with Gasteiger partial charge in [0.05, 0.1) is 16.3 Å². The minimum absolute atomic E-state index is 0.182. The second-order valence-corrected chi connectivity index (χ2v) is 6.32. The quantitative estimate of drug-likeness (QED) is 0.793. The highest BCUT2D eigenvalue weighted by Gasteiger charge is 2.14. The molecule has 1 N–H and O–H groups in total. The number of hydrogen-bond acceptors (Lipinski definition) is 2. The van der Waals surface area contributed by atoms with Gasteiger partial charge in [0.1, 0.15) is 0 Å². The van der Waals surface area contributed by atoms with Crippen molar-refractivity contribution in [3.63, 3.8) is 0 Å². The Labute approximate surface area is 140 Å². The molecule has 120 valence electrons. The summed E-state index contributed by atoms with van der Waals surface area (Å²) in [5.74, 6) is -0.985. The molecule has 1 aliphatic rings. The van der Waals surface area contributed by atoms with Crippen LogP contribution in [0.4, 0.5) is 5.69 Å². The van der Waals surface area contributed by atoms with Gasteiger partial charge in [0.25, 0.3) is 0 Å². The Morgan fingerprint density at radius 1 is 1.26 bits per heavy atom. The number of benzene rings is 1. The zero-order valence-electron chi connectivity index (χ0n) is 12.8. The van der Waals surface area contributed by atoms with Crippen molar-refractivity contribution in [3.8, 4) is 0 Å². The number of carboxylic acids is 1. The molecular formula is C18H19ClN2O2. The van der Waals surface area contributed by atoms with Crippen LogP contribution >= 0.6 is 11.6 Å². The van der Waals surface area contributed by atoms with E-state index in [1.807, 2.05) is 6.07 Å². The minimum Gasteiger partial charge on any atom is -0.478 e. The molecule has 1 aromatic carbocycles. The van der Waals surface area contributed by atoms with Crippen molar-refractivity contribution in [2.75, 3.05) is 0 Å². The summed E-state index contributed by atoms with van der Waals surface area (Å²) in [7, 11) is 0. The Morgan fingerprint density at radius 3 is 2.78 bits per heavy atom. The molecule has 1 aromatic heterocycles. The second kappa shape index (κ2) is 7.01. The average Bonchev–Trinajstić information content (AvgIpc) is 3.03. The molecule has 23 heavy (non-hydrogen) atoms. The summed E-state index contributed by atoms with van der Waals surface area (Å²) in [4.78, 5) is 15.4. The van der Waals surface area contributed by atoms with Gasteiger partial charge in [-0.05, 0) is 37.1 Å². The number of carboxylic acid groups (broad SMARTS) is 1. The Balaban J connectivity index is 1.76. The molecule has 1 saturated carbocycles. The number of aromatic carboxylic acids is 1. The standard InChI is InChI=1S/C18H19ClN2O2/c19-16-7-6-14(18(22)23)10-17(16)20-11-13-8-9-21(12-13)15-4-2-1-3-5-15/h6-12,15H,1-5H2,(H,22,23). The average molecular weight is 331 g/mol. The lowest BCUT2D eigenvalue weighted by molar-refractivity contribution is 0.0697. The third-order valence-corrected chi connectivity index (χ3v) is 4.60. The lowest BCUT2D eigenvalue weighted by atomic mass is 9.95. The first kappa shape index (κ1) is 15.8. The maximum absolute atomic E-state index is 11.0. The number of rotatable bonds is 4. The van der Waals surface area contributed by atoms with E-state index in [4.69, 9.17) is 16.7 Å². The monoisotopic (exact) mass is 330 g/mol. The lowest BCUT2D eigenvalue weighted by Crippen LogP contribution is -2.10. The first-order valence-corrected chi connectivity index (χ1v) is 8.25. The van der Waals surface area contributed by atoms with Crippen LogP contribution in [-0.4, -0.2) is 21.9 Å². The summed E-state index contributed by atoms with van der Waals surface area (Å²) in [5.41, 5.74) is 1.64. The lowest BCUT2D eigenvalue weighted by Gasteiger charge is -2.23. The molecule has 1 heterocycles. The smallest absolute Gasteiger partial charge is 0.335 e. The minimum atomic E-state index is -0.985. The molecule has 0 saturated heterocycles. The van der Waals surface area contributed by atoms with E-state index in [0.29, 0.717) is 16.8 Å². The van der Waals surface area contributed by atoms with Crippen molar-refractivity contribution in [2.24, 2.45) is 4.99 Å². The van der Waals surface area contributed by atoms with Crippen LogP contribution in [0.15, 0.2) is 41.7 Å². The SMILES string of the molecule is O=C(O)c1ccc(Cl)c(N=Cc2ccn(C3CCCCC3)c2)c1. The topological polar surface area (TPSA) is 54.6 Å². The van der Waals surface area contributed by atoms with Crippen molar-refractivity contribution in [3.05, 3.63) is 52.8 Å². The van der Waals surface area contributed by atoms with Gasteiger partial charge in [0, 0.05) is 30.2 Å². The number of halogens is 1. The Hall–Kier alpha value is -2.07. The van der Waals surface area contributed by atoms with E-state index in [1.54, 1.807) is 12.3 Å². The van der Waals surface area contributed by atoms with Crippen LogP contribution in [0, 0.1) is 0 Å². The third-order valence-electron chi connectivity index (χ3n) is 4.28. The molecule has 0 amide bonds. The van der Waals surface area contributed by atoms with Gasteiger partial charge in [-0.2, -0.15) is 0 Å². The largest absolute Gasteiger partial charge is 0.478 e. The first-order valence-electron chi connectivity index (χ1n) is 7.88. The van der Waals surface area contributed by atoms with Crippen LogP contribution in [-0.2, 0) is 0 Å². The number of aromatic nitrogens is 1. The second-order valence-electron chi connectivity index (χ2n) is 5.91. The molecular weight excluding hydrogens is 312 g/mol. The Bertz CT molecular complexity index is 730. The Morgan fingerprint density at radius 2 is 2.04 bits per heavy atom. The summed E-state index contributed by atoms with van der Waals surface area (Å²) in [6.07, 6.45) is 12.3. The van der Waals surface area contributed by atoms with E-state index in [0.717, 1.165) is 5.56 Å². The zero-order chi connectivity index (χ0) is 16.2. The molecule has 1 fully saturated rings. The van der Waals surface area contributed by atoms with Crippen molar-refractivity contribution >= 4 is 29.5 Å². The van der Waals surface area contributed by atoms with E-state index in [2.05, 4.69) is 22.0 Å². The summed E-state index contributed by atoms with van der Waals surface area (Å²) < 4.78 is 2.26. The van der Waals surface area contributed by atoms with Gasteiger partial charge in [0.2, 0.25) is 0 Å². The van der Waals surface area contributed by atoms with Crippen LogP contribution in [0.3, 0.4) is 0 Å². The van der Waals surface area contributed by atoms with Gasteiger partial charge in [-0.3, -0.25) is 4.99 Å². The molecule has 2 aromatic rings. The van der Waals surface area contributed by atoms with Gasteiger partial charge < -0.3 is 9.67 Å². The highest BCUT2D eigenvalue weighted by atomic mass is 35.5. The predicted molar refractivity (Wildman–Crippen MR) is 92.2 cm³/mol. The fourth-order valence-electron chi connectivity index (χ4n) is 3.00. The Kier molecular flexibility index (Phi) is 4.82. The first-order chi connectivity index (χ1) is 11.1. The fraction of sp³-hybridized carbons (Fsp3) is 0.333. The molecule has 0 spiro atoms. The van der Waals surface area contributed by atoms with Crippen LogP contribution in [0.1, 0.15) is 54.1 Å².